The van der Waals surface area contributed by atoms with Crippen LogP contribution in [0.4, 0.5) is 8.78 Å². The number of nitrogens with zero attached hydrogens (tertiary/aromatic N) is 2. The molecule has 1 rings (SSSR count). The molecular weight excluding hydrogens is 238 g/mol. The third-order valence-electron chi connectivity index (χ3n) is 1.20. The van der Waals surface area contributed by atoms with Gasteiger partial charge in [-0.3, -0.25) is 0 Å². The highest BCUT2D eigenvalue weighted by Crippen LogP contribution is 2.23. The zero-order chi connectivity index (χ0) is 9.30. The highest BCUT2D eigenvalue weighted by Gasteiger charge is 2.23. The number of carbonyl (C=O) groups is 1. The fourth-order valence-corrected chi connectivity index (χ4v) is 1.14. The normalized spacial score (nSPS) is 10.7. The molecule has 0 unspecified atom stereocenters. The molecule has 0 aliphatic rings. The van der Waals surface area contributed by atoms with Gasteiger partial charge in [-0.05, 0) is 0 Å². The first-order chi connectivity index (χ1) is 5.54. The SMILES string of the molecule is O=C(O)c1cnn(Br)c1C(F)F. The standard InChI is InChI=1S/C5H3BrF2N2O2/c6-10-3(4(7)8)2(1-9-10)5(11)12/h1,4H,(H,11,12). The van der Waals surface area contributed by atoms with Gasteiger partial charge in [-0.2, -0.15) is 8.81 Å². The molecule has 0 saturated carbocycles. The first-order valence-corrected chi connectivity index (χ1v) is 3.50. The van der Waals surface area contributed by atoms with Gasteiger partial charge < -0.3 is 5.11 Å². The molecule has 0 aliphatic carbocycles. The van der Waals surface area contributed by atoms with E-state index in [1.165, 1.54) is 0 Å². The topological polar surface area (TPSA) is 55.1 Å². The van der Waals surface area contributed by atoms with Gasteiger partial charge >= 0.3 is 5.97 Å². The van der Waals surface area contributed by atoms with E-state index >= 15 is 0 Å². The molecule has 66 valence electrons. The summed E-state index contributed by atoms with van der Waals surface area (Å²) in [6.07, 6.45) is -2.00. The summed E-state index contributed by atoms with van der Waals surface area (Å²) in [5.41, 5.74) is -1.15. The molecule has 0 amide bonds. The van der Waals surface area contributed by atoms with E-state index < -0.39 is 23.7 Å². The zero-order valence-electron chi connectivity index (χ0n) is 5.54. The molecule has 7 heteroatoms. The molecule has 1 aromatic heterocycles. The predicted molar refractivity (Wildman–Crippen MR) is 38.5 cm³/mol. The summed E-state index contributed by atoms with van der Waals surface area (Å²) >= 11 is 2.65. The molecule has 1 aromatic rings. The number of hydrogen-bond acceptors (Lipinski definition) is 2. The van der Waals surface area contributed by atoms with Crippen molar-refractivity contribution < 1.29 is 18.7 Å². The fraction of sp³-hybridized carbons (Fsp3) is 0.200. The van der Waals surface area contributed by atoms with Gasteiger partial charge in [0.15, 0.2) is 0 Å². The van der Waals surface area contributed by atoms with Gasteiger partial charge in [-0.25, -0.2) is 13.6 Å². The molecular formula is C5H3BrF2N2O2. The minimum Gasteiger partial charge on any atom is -0.478 e. The molecule has 1 heterocycles. The Balaban J connectivity index is 3.21. The van der Waals surface area contributed by atoms with Crippen molar-refractivity contribution in [3.05, 3.63) is 17.5 Å². The summed E-state index contributed by atoms with van der Waals surface area (Å²) in [4.78, 5) is 10.3. The van der Waals surface area contributed by atoms with E-state index in [0.717, 1.165) is 6.20 Å². The first-order valence-electron chi connectivity index (χ1n) is 2.79. The Morgan fingerprint density at radius 1 is 1.75 bits per heavy atom. The molecule has 0 atom stereocenters. The Labute approximate surface area is 74.1 Å². The lowest BCUT2D eigenvalue weighted by atomic mass is 10.2. The summed E-state index contributed by atoms with van der Waals surface area (Å²) in [6, 6.07) is 0. The number of carboxylic acid groups (broad SMARTS) is 1. The van der Waals surface area contributed by atoms with Crippen LogP contribution < -0.4 is 0 Å². The molecule has 0 fully saturated rings. The lowest BCUT2D eigenvalue weighted by Gasteiger charge is -1.98. The van der Waals surface area contributed by atoms with Crippen LogP contribution in [0.3, 0.4) is 0 Å². The van der Waals surface area contributed by atoms with Gasteiger partial charge in [0.2, 0.25) is 0 Å². The van der Waals surface area contributed by atoms with Crippen molar-refractivity contribution in [2.75, 3.05) is 0 Å². The molecule has 0 saturated heterocycles. The summed E-state index contributed by atoms with van der Waals surface area (Å²) in [6.45, 7) is 0. The number of alkyl halides is 2. The number of rotatable bonds is 2. The van der Waals surface area contributed by atoms with Gasteiger partial charge in [0, 0.05) is 0 Å². The minimum absolute atomic E-state index is 0.498. The van der Waals surface area contributed by atoms with Gasteiger partial charge in [-0.15, -0.1) is 0 Å². The average molecular weight is 241 g/mol. The third-order valence-corrected chi connectivity index (χ3v) is 1.77. The Hall–Kier alpha value is -0.980. The predicted octanol–water partition coefficient (Wildman–Crippen LogP) is 1.68. The third kappa shape index (κ3) is 1.45. The van der Waals surface area contributed by atoms with Crippen molar-refractivity contribution in [1.82, 2.24) is 8.81 Å². The number of hydrogen-bond donors (Lipinski definition) is 1. The number of aromatic carboxylic acids is 1. The second-order valence-corrected chi connectivity index (χ2v) is 2.58. The van der Waals surface area contributed by atoms with E-state index in [4.69, 9.17) is 5.11 Å². The Bertz CT molecular complexity index is 312. The van der Waals surface area contributed by atoms with Crippen LogP contribution >= 0.6 is 16.1 Å². The maximum absolute atomic E-state index is 12.1. The number of carboxylic acids is 1. The van der Waals surface area contributed by atoms with Gasteiger partial charge in [0.25, 0.3) is 6.43 Å². The van der Waals surface area contributed by atoms with Crippen molar-refractivity contribution in [2.45, 2.75) is 6.43 Å². The van der Waals surface area contributed by atoms with E-state index in [1.54, 1.807) is 0 Å². The Morgan fingerprint density at radius 3 is 2.67 bits per heavy atom. The van der Waals surface area contributed by atoms with Crippen molar-refractivity contribution >= 4 is 22.1 Å². The summed E-state index contributed by atoms with van der Waals surface area (Å²) in [7, 11) is 0. The Kier molecular flexibility index (Phi) is 2.41. The van der Waals surface area contributed by atoms with Crippen LogP contribution in [0.15, 0.2) is 6.20 Å². The van der Waals surface area contributed by atoms with Gasteiger partial charge in [0.1, 0.15) is 11.3 Å². The van der Waals surface area contributed by atoms with Crippen LogP contribution in [-0.4, -0.2) is 19.9 Å². The molecule has 0 aliphatic heterocycles. The zero-order valence-corrected chi connectivity index (χ0v) is 7.12. The molecule has 0 radical (unpaired) electrons. The van der Waals surface area contributed by atoms with Gasteiger partial charge in [0.05, 0.1) is 22.3 Å². The Morgan fingerprint density at radius 2 is 2.33 bits per heavy atom. The van der Waals surface area contributed by atoms with Crippen molar-refractivity contribution in [3.63, 3.8) is 0 Å². The largest absolute Gasteiger partial charge is 0.478 e. The van der Waals surface area contributed by atoms with E-state index in [2.05, 4.69) is 21.2 Å². The summed E-state index contributed by atoms with van der Waals surface area (Å²) < 4.78 is 24.9. The summed E-state index contributed by atoms with van der Waals surface area (Å²) in [5.74, 6) is -1.42. The quantitative estimate of drug-likeness (QED) is 0.856. The molecule has 1 N–H and O–H groups in total. The van der Waals surface area contributed by atoms with E-state index in [0.29, 0.717) is 3.71 Å². The second-order valence-electron chi connectivity index (χ2n) is 1.91. The molecule has 0 aromatic carbocycles. The van der Waals surface area contributed by atoms with Crippen molar-refractivity contribution in [1.29, 1.82) is 0 Å². The van der Waals surface area contributed by atoms with Crippen LogP contribution in [-0.2, 0) is 0 Å². The van der Waals surface area contributed by atoms with Gasteiger partial charge in [-0.1, -0.05) is 0 Å². The van der Waals surface area contributed by atoms with E-state index in [9.17, 15) is 13.6 Å². The van der Waals surface area contributed by atoms with Crippen LogP contribution in [0.5, 0.6) is 0 Å². The average Bonchev–Trinajstić information content (AvgIpc) is 2.30. The van der Waals surface area contributed by atoms with E-state index in [1.807, 2.05) is 0 Å². The lowest BCUT2D eigenvalue weighted by molar-refractivity contribution is 0.0683. The van der Waals surface area contributed by atoms with Crippen LogP contribution in [0.2, 0.25) is 0 Å². The maximum Gasteiger partial charge on any atom is 0.339 e. The fourth-order valence-electron chi connectivity index (χ4n) is 0.699. The number of halogens is 3. The van der Waals surface area contributed by atoms with Crippen molar-refractivity contribution in [2.24, 2.45) is 0 Å². The van der Waals surface area contributed by atoms with Crippen LogP contribution in [0.1, 0.15) is 22.5 Å². The summed E-state index contributed by atoms with van der Waals surface area (Å²) in [5, 5.41) is 11.8. The second kappa shape index (κ2) is 3.18. The molecule has 4 nitrogen and oxygen atoms in total. The maximum atomic E-state index is 12.1. The minimum atomic E-state index is -2.86. The van der Waals surface area contributed by atoms with Crippen molar-refractivity contribution in [3.8, 4) is 0 Å². The monoisotopic (exact) mass is 240 g/mol. The molecule has 0 spiro atoms. The first kappa shape index (κ1) is 9.11. The number of aromatic nitrogens is 2. The highest BCUT2D eigenvalue weighted by atomic mass is 79.9. The molecule has 0 bridgehead atoms. The highest BCUT2D eigenvalue weighted by molar-refractivity contribution is 9.08. The lowest BCUT2D eigenvalue weighted by Crippen LogP contribution is -2.02. The van der Waals surface area contributed by atoms with Crippen LogP contribution in [0, 0.1) is 0 Å². The van der Waals surface area contributed by atoms with E-state index in [-0.39, 0.29) is 0 Å². The van der Waals surface area contributed by atoms with Crippen LogP contribution in [0.25, 0.3) is 0 Å². The molecule has 12 heavy (non-hydrogen) atoms. The smallest absolute Gasteiger partial charge is 0.339 e.